The number of hydrogen-bond donors (Lipinski definition) is 1. The number of hydrazone groups is 1. The summed E-state index contributed by atoms with van der Waals surface area (Å²) in [5.41, 5.74) is 3.98. The Balaban J connectivity index is 1.99. The van der Waals surface area contributed by atoms with Gasteiger partial charge in [-0.1, -0.05) is 62.4 Å². The van der Waals surface area contributed by atoms with Crippen molar-refractivity contribution in [1.82, 2.24) is 10.2 Å². The molecule has 4 nitrogen and oxygen atoms in total. The first-order valence-corrected chi connectivity index (χ1v) is 6.55. The maximum absolute atomic E-state index is 4.15. The average Bonchev–Trinajstić information content (AvgIpc) is 2.79. The van der Waals surface area contributed by atoms with Gasteiger partial charge in [-0.2, -0.15) is 5.10 Å². The molecule has 0 spiro atoms. The molecule has 0 aliphatic heterocycles. The molecule has 0 saturated heterocycles. The molecule has 0 atom stereocenters. The van der Waals surface area contributed by atoms with Gasteiger partial charge < -0.3 is 0 Å². The standard InChI is InChI=1S/C13H16N4S/c1-13(2,3)11-15-17-12(18-11)16-14-9-10-7-5-4-6-8-10/h4-9H,1-3H3,(H,16,17)/b14-9+. The summed E-state index contributed by atoms with van der Waals surface area (Å²) in [6.45, 7) is 6.35. The molecular formula is C13H16N4S. The van der Waals surface area contributed by atoms with Gasteiger partial charge in [0.2, 0.25) is 5.13 Å². The highest BCUT2D eigenvalue weighted by Crippen LogP contribution is 2.27. The number of benzene rings is 1. The number of hydrogen-bond acceptors (Lipinski definition) is 5. The van der Waals surface area contributed by atoms with E-state index in [4.69, 9.17) is 0 Å². The number of anilines is 1. The molecule has 0 bridgehead atoms. The van der Waals surface area contributed by atoms with E-state index in [-0.39, 0.29) is 5.41 Å². The highest BCUT2D eigenvalue weighted by Gasteiger charge is 2.18. The zero-order chi connectivity index (χ0) is 13.0. The second kappa shape index (κ2) is 5.27. The summed E-state index contributed by atoms with van der Waals surface area (Å²) >= 11 is 1.53. The van der Waals surface area contributed by atoms with Gasteiger partial charge >= 0.3 is 0 Å². The van der Waals surface area contributed by atoms with E-state index in [0.717, 1.165) is 10.6 Å². The van der Waals surface area contributed by atoms with Crippen LogP contribution >= 0.6 is 11.3 Å². The molecule has 0 amide bonds. The Bertz CT molecular complexity index is 525. The van der Waals surface area contributed by atoms with Crippen molar-refractivity contribution in [2.75, 3.05) is 5.43 Å². The first-order chi connectivity index (χ1) is 8.55. The summed E-state index contributed by atoms with van der Waals surface area (Å²) in [6.07, 6.45) is 1.76. The van der Waals surface area contributed by atoms with E-state index in [2.05, 4.69) is 41.5 Å². The first kappa shape index (κ1) is 12.7. The number of nitrogens with zero attached hydrogens (tertiary/aromatic N) is 3. The van der Waals surface area contributed by atoms with E-state index < -0.39 is 0 Å². The lowest BCUT2D eigenvalue weighted by molar-refractivity contribution is 0.578. The van der Waals surface area contributed by atoms with Crippen molar-refractivity contribution in [2.45, 2.75) is 26.2 Å². The van der Waals surface area contributed by atoms with Gasteiger partial charge in [-0.15, -0.1) is 10.2 Å². The molecule has 0 radical (unpaired) electrons. The summed E-state index contributed by atoms with van der Waals surface area (Å²) in [4.78, 5) is 0. The largest absolute Gasteiger partial charge is 0.251 e. The van der Waals surface area contributed by atoms with Crippen LogP contribution in [0.25, 0.3) is 0 Å². The van der Waals surface area contributed by atoms with Gasteiger partial charge in [-0.3, -0.25) is 5.43 Å². The minimum atomic E-state index is 0.0285. The van der Waals surface area contributed by atoms with Crippen LogP contribution in [-0.4, -0.2) is 16.4 Å². The van der Waals surface area contributed by atoms with Crippen LogP contribution in [0.2, 0.25) is 0 Å². The molecule has 1 N–H and O–H groups in total. The minimum Gasteiger partial charge on any atom is -0.251 e. The Morgan fingerprint density at radius 3 is 2.50 bits per heavy atom. The quantitative estimate of drug-likeness (QED) is 0.680. The first-order valence-electron chi connectivity index (χ1n) is 5.74. The van der Waals surface area contributed by atoms with E-state index in [1.54, 1.807) is 6.21 Å². The third kappa shape index (κ3) is 3.37. The molecular weight excluding hydrogens is 244 g/mol. The minimum absolute atomic E-state index is 0.0285. The lowest BCUT2D eigenvalue weighted by Gasteiger charge is -2.12. The van der Waals surface area contributed by atoms with Gasteiger partial charge in [0.05, 0.1) is 6.21 Å². The Labute approximate surface area is 111 Å². The molecule has 2 rings (SSSR count). The normalized spacial score (nSPS) is 11.9. The molecule has 94 valence electrons. The van der Waals surface area contributed by atoms with Crippen LogP contribution in [0.5, 0.6) is 0 Å². The predicted molar refractivity (Wildman–Crippen MR) is 76.3 cm³/mol. The maximum Gasteiger partial charge on any atom is 0.225 e. The molecule has 0 saturated carbocycles. The van der Waals surface area contributed by atoms with Crippen molar-refractivity contribution in [3.8, 4) is 0 Å². The van der Waals surface area contributed by atoms with Crippen molar-refractivity contribution in [3.05, 3.63) is 40.9 Å². The molecule has 1 aromatic heterocycles. The molecule has 0 aliphatic carbocycles. The van der Waals surface area contributed by atoms with Crippen molar-refractivity contribution in [2.24, 2.45) is 5.10 Å². The van der Waals surface area contributed by atoms with E-state index in [1.807, 2.05) is 30.3 Å². The monoisotopic (exact) mass is 260 g/mol. The Hall–Kier alpha value is -1.75. The SMILES string of the molecule is CC(C)(C)c1nnc(N/N=C/c2ccccc2)s1. The number of rotatable bonds is 3. The smallest absolute Gasteiger partial charge is 0.225 e. The van der Waals surface area contributed by atoms with Crippen LogP contribution in [0, 0.1) is 0 Å². The third-order valence-electron chi connectivity index (χ3n) is 2.24. The van der Waals surface area contributed by atoms with Crippen molar-refractivity contribution >= 4 is 22.7 Å². The number of aromatic nitrogens is 2. The van der Waals surface area contributed by atoms with E-state index in [0.29, 0.717) is 5.13 Å². The summed E-state index contributed by atoms with van der Waals surface area (Å²) in [7, 11) is 0. The fraction of sp³-hybridized carbons (Fsp3) is 0.308. The van der Waals surface area contributed by atoms with Crippen LogP contribution in [0.15, 0.2) is 35.4 Å². The average molecular weight is 260 g/mol. The molecule has 2 aromatic rings. The summed E-state index contributed by atoms with van der Waals surface area (Å²) in [5.74, 6) is 0. The fourth-order valence-electron chi connectivity index (χ4n) is 1.27. The predicted octanol–water partition coefficient (Wildman–Crippen LogP) is 3.28. The van der Waals surface area contributed by atoms with E-state index in [1.165, 1.54) is 11.3 Å². The molecule has 1 aromatic carbocycles. The second-order valence-corrected chi connectivity index (χ2v) is 5.92. The van der Waals surface area contributed by atoms with Crippen LogP contribution in [0.1, 0.15) is 31.3 Å². The Morgan fingerprint density at radius 1 is 1.17 bits per heavy atom. The number of nitrogens with one attached hydrogen (secondary N) is 1. The Kier molecular flexibility index (Phi) is 3.72. The lowest BCUT2D eigenvalue weighted by atomic mass is 9.98. The highest BCUT2D eigenvalue weighted by atomic mass is 32.1. The second-order valence-electron chi connectivity index (χ2n) is 4.94. The molecule has 18 heavy (non-hydrogen) atoms. The topological polar surface area (TPSA) is 50.2 Å². The van der Waals surface area contributed by atoms with Crippen molar-refractivity contribution in [1.29, 1.82) is 0 Å². The van der Waals surface area contributed by atoms with E-state index >= 15 is 0 Å². The molecule has 0 unspecified atom stereocenters. The molecule has 0 fully saturated rings. The van der Waals surface area contributed by atoms with Crippen LogP contribution in [0.4, 0.5) is 5.13 Å². The summed E-state index contributed by atoms with van der Waals surface area (Å²) in [5, 5.41) is 14.1. The maximum atomic E-state index is 4.15. The lowest BCUT2D eigenvalue weighted by Crippen LogP contribution is -2.10. The zero-order valence-corrected chi connectivity index (χ0v) is 11.5. The summed E-state index contributed by atoms with van der Waals surface area (Å²) < 4.78 is 0. The summed E-state index contributed by atoms with van der Waals surface area (Å²) in [6, 6.07) is 9.91. The van der Waals surface area contributed by atoms with Crippen LogP contribution in [-0.2, 0) is 5.41 Å². The molecule has 1 heterocycles. The highest BCUT2D eigenvalue weighted by molar-refractivity contribution is 7.15. The van der Waals surface area contributed by atoms with Crippen molar-refractivity contribution < 1.29 is 0 Å². The van der Waals surface area contributed by atoms with Gasteiger partial charge in [0.1, 0.15) is 5.01 Å². The van der Waals surface area contributed by atoms with Gasteiger partial charge in [-0.25, -0.2) is 0 Å². The van der Waals surface area contributed by atoms with Crippen molar-refractivity contribution in [3.63, 3.8) is 0 Å². The zero-order valence-electron chi connectivity index (χ0n) is 10.7. The third-order valence-corrected chi connectivity index (χ3v) is 3.49. The van der Waals surface area contributed by atoms with Crippen LogP contribution < -0.4 is 5.43 Å². The molecule has 0 aliphatic rings. The van der Waals surface area contributed by atoms with Gasteiger partial charge in [0.15, 0.2) is 0 Å². The Morgan fingerprint density at radius 2 is 1.89 bits per heavy atom. The van der Waals surface area contributed by atoms with Gasteiger partial charge in [0.25, 0.3) is 0 Å². The fourth-order valence-corrected chi connectivity index (χ4v) is 2.02. The van der Waals surface area contributed by atoms with Gasteiger partial charge in [0, 0.05) is 5.41 Å². The van der Waals surface area contributed by atoms with E-state index in [9.17, 15) is 0 Å². The van der Waals surface area contributed by atoms with Crippen LogP contribution in [0.3, 0.4) is 0 Å². The van der Waals surface area contributed by atoms with Gasteiger partial charge in [-0.05, 0) is 5.56 Å². The molecule has 5 heteroatoms.